The zero-order valence-electron chi connectivity index (χ0n) is 21.1. The minimum atomic E-state index is -2.96. The Hall–Kier alpha value is -3.64. The Labute approximate surface area is 218 Å². The number of anilines is 1. The number of aliphatic carboxylic acids is 1. The Bertz CT molecular complexity index is 1530. The number of thioether (sulfide) groups is 2. The number of hydrogen-bond acceptors (Lipinski definition) is 13. The molecule has 2 aliphatic heterocycles. The quantitative estimate of drug-likeness (QED) is 0.0719. The zero-order valence-corrected chi connectivity index (χ0v) is 20.5. The number of aromatic amines is 1. The average Bonchev–Trinajstić information content (AvgIpc) is 3.28. The van der Waals surface area contributed by atoms with Crippen molar-refractivity contribution in [3.05, 3.63) is 43.1 Å². The fourth-order valence-corrected chi connectivity index (χ4v) is 6.34. The molecular formula is C18H18N8O7S3. The molecule has 2 amide bonds. The van der Waals surface area contributed by atoms with Crippen LogP contribution >= 0.6 is 34.9 Å². The molecule has 0 radical (unpaired) electrons. The summed E-state index contributed by atoms with van der Waals surface area (Å²) in [6.45, 7) is 0. The van der Waals surface area contributed by atoms with E-state index >= 15 is 0 Å². The number of oxime groups is 1. The van der Waals surface area contributed by atoms with E-state index in [4.69, 9.17) is 9.85 Å². The number of nitrogens with zero attached hydrogens (tertiary/aromatic N) is 5. The Kier molecular flexibility index (Phi) is 6.10. The summed E-state index contributed by atoms with van der Waals surface area (Å²) >= 11 is 3.15. The van der Waals surface area contributed by atoms with Crippen molar-refractivity contribution in [2.45, 2.75) is 16.6 Å². The molecule has 2 aromatic heterocycles. The van der Waals surface area contributed by atoms with Gasteiger partial charge in [0, 0.05) is 23.9 Å². The molecule has 1 fully saturated rings. The van der Waals surface area contributed by atoms with Crippen LogP contribution in [0, 0.1) is 0 Å². The molecule has 0 aromatic carbocycles. The number of aryl methyl sites for hydroxylation is 1. The maximum absolute atomic E-state index is 13.0. The van der Waals surface area contributed by atoms with Crippen LogP contribution in [0.3, 0.4) is 0 Å². The number of nitrogen functional groups attached to an aromatic ring is 1. The van der Waals surface area contributed by atoms with Crippen LogP contribution in [0.15, 0.2) is 36.6 Å². The number of carbonyl (C=O) groups excluding carboxylic acids is 2. The van der Waals surface area contributed by atoms with Crippen molar-refractivity contribution >= 4 is 63.5 Å². The van der Waals surface area contributed by atoms with Crippen LogP contribution in [0.4, 0.5) is 5.13 Å². The molecule has 0 aliphatic carbocycles. The van der Waals surface area contributed by atoms with Crippen LogP contribution < -0.4 is 22.2 Å². The number of carbonyl (C=O) groups is 3. The lowest BCUT2D eigenvalue weighted by Crippen LogP contribution is -2.71. The smallest absolute Gasteiger partial charge is 0.352 e. The second kappa shape index (κ2) is 10.2. The number of hydrogen-bond donors (Lipinski definition) is 4. The molecule has 0 saturated carbocycles. The summed E-state index contributed by atoms with van der Waals surface area (Å²) in [4.78, 5) is 74.0. The minimum Gasteiger partial charge on any atom is -0.477 e. The van der Waals surface area contributed by atoms with E-state index < -0.39 is 53.1 Å². The minimum absolute atomic E-state index is 0.0446. The van der Waals surface area contributed by atoms with E-state index in [0.717, 1.165) is 28.0 Å². The van der Waals surface area contributed by atoms with Gasteiger partial charge in [0.15, 0.2) is 16.0 Å². The van der Waals surface area contributed by atoms with E-state index in [0.29, 0.717) is 5.57 Å². The third-order valence-electron chi connectivity index (χ3n) is 4.98. The first-order chi connectivity index (χ1) is 18.3. The van der Waals surface area contributed by atoms with Gasteiger partial charge in [-0.25, -0.2) is 9.78 Å². The van der Waals surface area contributed by atoms with E-state index in [-0.39, 0.29) is 33.2 Å². The van der Waals surface area contributed by atoms with Crippen LogP contribution in [-0.4, -0.2) is 83.2 Å². The highest BCUT2D eigenvalue weighted by Gasteiger charge is 2.54. The van der Waals surface area contributed by atoms with Crippen LogP contribution in [0.5, 0.6) is 0 Å². The summed E-state index contributed by atoms with van der Waals surface area (Å²) in [6.07, 6.45) is 0. The molecule has 2 aromatic rings. The van der Waals surface area contributed by atoms with Gasteiger partial charge in [0.1, 0.15) is 29.8 Å². The molecule has 0 spiro atoms. The molecule has 2 aliphatic rings. The molecular weight excluding hydrogens is 537 g/mol. The first kappa shape index (κ1) is 21.6. The molecule has 15 nitrogen and oxygen atoms in total. The largest absolute Gasteiger partial charge is 0.477 e. The number of thiazole rings is 1. The van der Waals surface area contributed by atoms with Gasteiger partial charge < -0.3 is 21.0 Å². The molecule has 4 rings (SSSR count). The number of β-lactam (4-membered cyclic amide) rings is 1. The SMILES string of the molecule is [2H][13C]([2H])([2H])O/N=C(\C(=O)N[C@@H]1C(=O)N2C(C(=O)O)=C(CSc3nc(=O)c(=O)[nH]n3C)CS[C@H]12)c1csc(N)n1. The second-order valence-electron chi connectivity index (χ2n) is 7.21. The van der Waals surface area contributed by atoms with E-state index in [1.807, 2.05) is 0 Å². The summed E-state index contributed by atoms with van der Waals surface area (Å²) in [5, 5.41) is 18.7. The highest BCUT2D eigenvalue weighted by molar-refractivity contribution is 8.01. The lowest BCUT2D eigenvalue weighted by Gasteiger charge is -2.49. The number of nitrogens with two attached hydrogens (primary N) is 1. The van der Waals surface area contributed by atoms with Gasteiger partial charge in [-0.05, 0) is 5.57 Å². The Morgan fingerprint density at radius 2 is 2.22 bits per heavy atom. The summed E-state index contributed by atoms with van der Waals surface area (Å²) in [5.41, 5.74) is 3.17. The maximum Gasteiger partial charge on any atom is 0.352 e. The number of carboxylic acid groups (broad SMARTS) is 1. The van der Waals surface area contributed by atoms with E-state index in [1.54, 1.807) is 0 Å². The first-order valence-corrected chi connectivity index (χ1v) is 12.7. The highest BCUT2D eigenvalue weighted by Crippen LogP contribution is 2.41. The number of amides is 2. The second-order valence-corrected chi connectivity index (χ2v) is 10.1. The first-order valence-electron chi connectivity index (χ1n) is 11.3. The number of fused-ring (bicyclic) bond motifs is 1. The average molecular weight is 559 g/mol. The van der Waals surface area contributed by atoms with Crippen molar-refractivity contribution in [1.29, 1.82) is 0 Å². The van der Waals surface area contributed by atoms with Gasteiger partial charge in [-0.3, -0.25) is 33.9 Å². The summed E-state index contributed by atoms with van der Waals surface area (Å²) < 4.78 is 22.7. The molecule has 0 bridgehead atoms. The van der Waals surface area contributed by atoms with Crippen molar-refractivity contribution in [2.75, 3.05) is 24.3 Å². The van der Waals surface area contributed by atoms with Crippen molar-refractivity contribution in [2.24, 2.45) is 12.2 Å². The number of carboxylic acids is 1. The molecule has 4 heterocycles. The van der Waals surface area contributed by atoms with Crippen LogP contribution in [0.25, 0.3) is 0 Å². The maximum atomic E-state index is 13.0. The van der Waals surface area contributed by atoms with Gasteiger partial charge in [-0.2, -0.15) is 4.98 Å². The van der Waals surface area contributed by atoms with E-state index in [2.05, 4.69) is 30.4 Å². The third kappa shape index (κ3) is 4.73. The van der Waals surface area contributed by atoms with Crippen LogP contribution in [0.2, 0.25) is 0 Å². The molecule has 5 N–H and O–H groups in total. The monoisotopic (exact) mass is 558 g/mol. The van der Waals surface area contributed by atoms with E-state index in [1.165, 1.54) is 28.9 Å². The lowest BCUT2D eigenvalue weighted by molar-refractivity contribution is -0.150. The molecule has 1 saturated heterocycles. The number of aromatic nitrogens is 4. The van der Waals surface area contributed by atoms with Gasteiger partial charge in [-0.1, -0.05) is 16.9 Å². The van der Waals surface area contributed by atoms with Crippen molar-refractivity contribution in [3.63, 3.8) is 0 Å². The number of rotatable bonds is 8. The fraction of sp³-hybridized carbons (Fsp3) is 0.333. The van der Waals surface area contributed by atoms with Gasteiger partial charge in [0.2, 0.25) is 0 Å². The summed E-state index contributed by atoms with van der Waals surface area (Å²) in [7, 11) is -1.50. The molecule has 0 unspecified atom stereocenters. The predicted octanol–water partition coefficient (Wildman–Crippen LogP) is -1.61. The molecule has 18 heteroatoms. The van der Waals surface area contributed by atoms with Crippen molar-refractivity contribution in [1.82, 2.24) is 30.0 Å². The third-order valence-corrected chi connectivity index (χ3v) is 8.11. The number of nitrogens with one attached hydrogen (secondary N) is 2. The van der Waals surface area contributed by atoms with Crippen molar-refractivity contribution in [3.8, 4) is 0 Å². The van der Waals surface area contributed by atoms with Gasteiger partial charge in [-0.15, -0.1) is 23.1 Å². The molecule has 36 heavy (non-hydrogen) atoms. The zero-order chi connectivity index (χ0) is 28.6. The Morgan fingerprint density at radius 1 is 1.44 bits per heavy atom. The Morgan fingerprint density at radius 3 is 2.89 bits per heavy atom. The van der Waals surface area contributed by atoms with Gasteiger partial charge in [0.25, 0.3) is 11.8 Å². The highest BCUT2D eigenvalue weighted by atomic mass is 32.2. The summed E-state index contributed by atoms with van der Waals surface area (Å²) in [6, 6.07) is -1.15. The summed E-state index contributed by atoms with van der Waals surface area (Å²) in [5.74, 6) is -2.86. The normalized spacial score (nSPS) is 21.1. The Balaban J connectivity index is 1.52. The lowest BCUT2D eigenvalue weighted by atomic mass is 10.0. The van der Waals surface area contributed by atoms with E-state index in [9.17, 15) is 29.1 Å². The number of H-pyrrole nitrogens is 1. The van der Waals surface area contributed by atoms with Crippen LogP contribution in [0.1, 0.15) is 9.81 Å². The topological polar surface area (TPSA) is 215 Å². The van der Waals surface area contributed by atoms with Gasteiger partial charge >= 0.3 is 17.1 Å². The fourth-order valence-electron chi connectivity index (χ4n) is 3.39. The molecule has 190 valence electrons. The predicted molar refractivity (Wildman–Crippen MR) is 131 cm³/mol. The van der Waals surface area contributed by atoms with Crippen LogP contribution in [-0.2, 0) is 26.3 Å². The molecule has 2 atom stereocenters. The standard InChI is InChI=1S/C18H18N8O7S3/c1-25-18(22-12(28)13(29)23-25)36-4-6-3-34-15-9(14(30)26(15)10(6)16(31)32)21-11(27)8(24-33-2)7-5-35-17(19)20-7/h5,9,15H,3-4H2,1-2H3,(H2,19,20)(H,21,27)(H,23,29)(H,31,32)/b24-8-/t9-,15-/m1/s1/i2+1D3. The van der Waals surface area contributed by atoms with Crippen molar-refractivity contribution < 1.29 is 28.4 Å². The van der Waals surface area contributed by atoms with Gasteiger partial charge in [0.05, 0.1) is 4.11 Å².